The predicted octanol–water partition coefficient (Wildman–Crippen LogP) is 5.24. The lowest BCUT2D eigenvalue weighted by molar-refractivity contribution is 0.0690. The van der Waals surface area contributed by atoms with Gasteiger partial charge in [-0.3, -0.25) is 0 Å². The Morgan fingerprint density at radius 3 is 2.50 bits per heavy atom. The summed E-state index contributed by atoms with van der Waals surface area (Å²) < 4.78 is 5.79. The molecule has 7 heteroatoms. The number of hydrogen-bond donors (Lipinski definition) is 1. The summed E-state index contributed by atoms with van der Waals surface area (Å²) in [6.07, 6.45) is 0. The number of halogens is 3. The van der Waals surface area contributed by atoms with Gasteiger partial charge in [-0.2, -0.15) is 0 Å². The summed E-state index contributed by atoms with van der Waals surface area (Å²) in [5.74, 6) is -0.787. The second kappa shape index (κ2) is 7.71. The molecule has 2 aromatic carbocycles. The number of rotatable bonds is 4. The molecule has 0 amide bonds. The van der Waals surface area contributed by atoms with Crippen molar-refractivity contribution in [3.63, 3.8) is 0 Å². The maximum absolute atomic E-state index is 11.3. The van der Waals surface area contributed by atoms with Crippen LogP contribution in [0.2, 0.25) is 10.0 Å². The molecule has 0 aliphatic carbocycles. The topological polar surface area (TPSA) is 59.4 Å². The minimum atomic E-state index is -1.15. The van der Waals surface area contributed by atoms with Gasteiger partial charge in [-0.1, -0.05) is 53.5 Å². The zero-order valence-electron chi connectivity index (χ0n) is 12.2. The van der Waals surface area contributed by atoms with Gasteiger partial charge in [0, 0.05) is 11.1 Å². The number of aromatic carboxylic acids is 1. The highest BCUT2D eigenvalue weighted by Gasteiger charge is 2.15. The van der Waals surface area contributed by atoms with Gasteiger partial charge in [0.15, 0.2) is 5.69 Å². The number of fused-ring (bicyclic) bond motifs is 1. The Hall–Kier alpha value is -2.01. The van der Waals surface area contributed by atoms with E-state index in [1.54, 1.807) is 12.1 Å². The number of carboxylic acid groups (broad SMARTS) is 1. The molecule has 1 aromatic heterocycles. The van der Waals surface area contributed by atoms with Gasteiger partial charge in [0.05, 0.1) is 15.9 Å². The fourth-order valence-corrected chi connectivity index (χ4v) is 2.79. The molecule has 4 nitrogen and oxygen atoms in total. The van der Waals surface area contributed by atoms with Crippen molar-refractivity contribution in [1.29, 1.82) is 0 Å². The number of ether oxygens (including phenoxy) is 1. The van der Waals surface area contributed by atoms with Crippen molar-refractivity contribution in [3.05, 3.63) is 69.8 Å². The van der Waals surface area contributed by atoms with E-state index < -0.39 is 5.97 Å². The van der Waals surface area contributed by atoms with Crippen molar-refractivity contribution in [1.82, 2.24) is 4.98 Å². The summed E-state index contributed by atoms with van der Waals surface area (Å²) in [6, 6.07) is 14.0. The van der Waals surface area contributed by atoms with Gasteiger partial charge in [-0.05, 0) is 17.7 Å². The minimum absolute atomic E-state index is 0. The van der Waals surface area contributed by atoms with Crippen LogP contribution in [0.3, 0.4) is 0 Å². The lowest BCUT2D eigenvalue weighted by Gasteiger charge is -2.12. The third kappa shape index (κ3) is 3.90. The Balaban J connectivity index is 0.00000208. The van der Waals surface area contributed by atoms with Crippen molar-refractivity contribution in [2.45, 2.75) is 6.61 Å². The van der Waals surface area contributed by atoms with Crippen LogP contribution in [0.4, 0.5) is 0 Å². The molecular weight excluding hydrogens is 373 g/mol. The molecule has 0 atom stereocenters. The molecule has 0 aliphatic rings. The average Bonchev–Trinajstić information content (AvgIpc) is 2.52. The second-order valence-electron chi connectivity index (χ2n) is 4.87. The molecule has 3 rings (SSSR count). The number of carboxylic acids is 1. The molecule has 0 saturated carbocycles. The number of aromatic nitrogens is 1. The zero-order chi connectivity index (χ0) is 16.4. The van der Waals surface area contributed by atoms with Crippen LogP contribution in [0.5, 0.6) is 5.75 Å². The summed E-state index contributed by atoms with van der Waals surface area (Å²) in [5, 5.41) is 10.5. The molecule has 0 radical (unpaired) electrons. The largest absolute Gasteiger partial charge is 0.488 e. The minimum Gasteiger partial charge on any atom is -0.488 e. The average molecular weight is 385 g/mol. The molecule has 0 aliphatic heterocycles. The van der Waals surface area contributed by atoms with Gasteiger partial charge >= 0.3 is 5.97 Å². The van der Waals surface area contributed by atoms with Crippen LogP contribution in [-0.4, -0.2) is 16.1 Å². The number of nitrogens with zero attached hydrogens (tertiary/aromatic N) is 1. The molecule has 0 fully saturated rings. The SMILES string of the molecule is Cl.O=C(O)c1cc(OCc2ccccc2)c2c(Cl)cc(Cl)cc2n1. The van der Waals surface area contributed by atoms with Gasteiger partial charge < -0.3 is 9.84 Å². The predicted molar refractivity (Wildman–Crippen MR) is 96.7 cm³/mol. The maximum Gasteiger partial charge on any atom is 0.354 e. The molecule has 0 spiro atoms. The van der Waals surface area contributed by atoms with E-state index in [1.807, 2.05) is 30.3 Å². The smallest absolute Gasteiger partial charge is 0.354 e. The molecule has 3 aromatic rings. The first kappa shape index (κ1) is 18.3. The quantitative estimate of drug-likeness (QED) is 0.668. The van der Waals surface area contributed by atoms with Crippen LogP contribution in [0.1, 0.15) is 16.1 Å². The van der Waals surface area contributed by atoms with Crippen LogP contribution in [0.25, 0.3) is 10.9 Å². The van der Waals surface area contributed by atoms with Gasteiger partial charge in [0.1, 0.15) is 12.4 Å². The second-order valence-corrected chi connectivity index (χ2v) is 5.71. The Labute approximate surface area is 154 Å². The number of benzene rings is 2. The van der Waals surface area contributed by atoms with E-state index in [0.717, 1.165) is 5.56 Å². The molecule has 0 saturated heterocycles. The van der Waals surface area contributed by atoms with E-state index in [-0.39, 0.29) is 24.7 Å². The van der Waals surface area contributed by atoms with Crippen LogP contribution in [0, 0.1) is 0 Å². The standard InChI is InChI=1S/C17H11Cl2NO3.ClH/c18-11-6-12(19)16-13(7-11)20-14(17(21)22)8-15(16)23-9-10-4-2-1-3-5-10;/h1-8H,9H2,(H,21,22);1H. The molecule has 24 heavy (non-hydrogen) atoms. The van der Waals surface area contributed by atoms with Gasteiger partial charge in [-0.25, -0.2) is 9.78 Å². The van der Waals surface area contributed by atoms with E-state index in [1.165, 1.54) is 6.07 Å². The number of carbonyl (C=O) groups is 1. The normalized spacial score (nSPS) is 10.2. The lowest BCUT2D eigenvalue weighted by Crippen LogP contribution is -2.03. The molecule has 124 valence electrons. The monoisotopic (exact) mass is 383 g/mol. The van der Waals surface area contributed by atoms with E-state index in [0.29, 0.717) is 26.7 Å². The molecule has 0 bridgehead atoms. The molecule has 1 heterocycles. The highest BCUT2D eigenvalue weighted by molar-refractivity contribution is 6.39. The van der Waals surface area contributed by atoms with Crippen molar-refractivity contribution in [2.75, 3.05) is 0 Å². The van der Waals surface area contributed by atoms with Crippen molar-refractivity contribution >= 4 is 52.5 Å². The Morgan fingerprint density at radius 1 is 1.12 bits per heavy atom. The van der Waals surface area contributed by atoms with E-state index >= 15 is 0 Å². The molecule has 0 unspecified atom stereocenters. The number of pyridine rings is 1. The van der Waals surface area contributed by atoms with E-state index in [9.17, 15) is 9.90 Å². The highest BCUT2D eigenvalue weighted by Crippen LogP contribution is 2.35. The first-order valence-corrected chi connectivity index (χ1v) is 7.50. The van der Waals surface area contributed by atoms with Crippen LogP contribution < -0.4 is 4.74 Å². The molecular formula is C17H12Cl3NO3. The molecule has 1 N–H and O–H groups in total. The fraction of sp³-hybridized carbons (Fsp3) is 0.0588. The Kier molecular flexibility index (Phi) is 5.89. The van der Waals surface area contributed by atoms with Crippen LogP contribution in [0.15, 0.2) is 48.5 Å². The zero-order valence-corrected chi connectivity index (χ0v) is 14.5. The Bertz CT molecular complexity index is 885. The van der Waals surface area contributed by atoms with E-state index in [4.69, 9.17) is 27.9 Å². The number of hydrogen-bond acceptors (Lipinski definition) is 3. The van der Waals surface area contributed by atoms with Gasteiger partial charge in [0.2, 0.25) is 0 Å². The van der Waals surface area contributed by atoms with Crippen molar-refractivity contribution in [2.24, 2.45) is 0 Å². The summed E-state index contributed by atoms with van der Waals surface area (Å²) in [7, 11) is 0. The van der Waals surface area contributed by atoms with Crippen molar-refractivity contribution in [3.8, 4) is 5.75 Å². The van der Waals surface area contributed by atoms with Gasteiger partial charge in [0.25, 0.3) is 0 Å². The fourth-order valence-electron chi connectivity index (χ4n) is 2.21. The van der Waals surface area contributed by atoms with Gasteiger partial charge in [-0.15, -0.1) is 12.4 Å². The van der Waals surface area contributed by atoms with Crippen LogP contribution >= 0.6 is 35.6 Å². The maximum atomic E-state index is 11.3. The summed E-state index contributed by atoms with van der Waals surface area (Å²) in [4.78, 5) is 15.3. The lowest BCUT2D eigenvalue weighted by atomic mass is 10.1. The highest BCUT2D eigenvalue weighted by atomic mass is 35.5. The Morgan fingerprint density at radius 2 is 1.83 bits per heavy atom. The summed E-state index contributed by atoms with van der Waals surface area (Å²) >= 11 is 12.2. The third-order valence-corrected chi connectivity index (χ3v) is 3.76. The summed E-state index contributed by atoms with van der Waals surface area (Å²) in [5.41, 5.74) is 1.21. The van der Waals surface area contributed by atoms with E-state index in [2.05, 4.69) is 4.98 Å². The third-order valence-electron chi connectivity index (χ3n) is 3.25. The first-order chi connectivity index (χ1) is 11.0. The van der Waals surface area contributed by atoms with Crippen molar-refractivity contribution < 1.29 is 14.6 Å². The van der Waals surface area contributed by atoms with Crippen LogP contribution in [-0.2, 0) is 6.61 Å². The summed E-state index contributed by atoms with van der Waals surface area (Å²) in [6.45, 7) is 0.290. The first-order valence-electron chi connectivity index (χ1n) is 6.74.